The molecule has 1 heterocycles. The number of benzene rings is 3. The summed E-state index contributed by atoms with van der Waals surface area (Å²) in [5.74, 6) is 3.00. The Morgan fingerprint density at radius 3 is 2.43 bits per heavy atom. The minimum Gasteiger partial charge on any atom is -1.00 e. The minimum atomic E-state index is 0. The fourth-order valence-corrected chi connectivity index (χ4v) is 3.34. The van der Waals surface area contributed by atoms with Crippen LogP contribution in [0.3, 0.4) is 0 Å². The quantitative estimate of drug-likeness (QED) is 0.572. The molecule has 0 aliphatic carbocycles. The van der Waals surface area contributed by atoms with Crippen LogP contribution in [0, 0.1) is 0 Å². The molecule has 0 aromatic heterocycles. The summed E-state index contributed by atoms with van der Waals surface area (Å²) in [6, 6.07) is 19.5. The van der Waals surface area contributed by atoms with Crippen molar-refractivity contribution >= 4 is 11.6 Å². The molecule has 0 unspecified atom stereocenters. The Morgan fingerprint density at radius 1 is 0.867 bits per heavy atom. The predicted octanol–water partition coefficient (Wildman–Crippen LogP) is 1.95. The lowest BCUT2D eigenvalue weighted by molar-refractivity contribution is -0.00000786. The third-order valence-electron chi connectivity index (χ3n) is 4.61. The first-order valence-electron chi connectivity index (χ1n) is 9.34. The van der Waals surface area contributed by atoms with Crippen molar-refractivity contribution in [3.05, 3.63) is 82.4 Å². The third-order valence-corrected chi connectivity index (χ3v) is 4.84. The van der Waals surface area contributed by atoms with Crippen LogP contribution in [-0.2, 0) is 19.7 Å². The highest BCUT2D eigenvalue weighted by Crippen LogP contribution is 2.32. The fourth-order valence-electron chi connectivity index (χ4n) is 3.13. The van der Waals surface area contributed by atoms with Gasteiger partial charge in [-0.25, -0.2) is 0 Å². The van der Waals surface area contributed by atoms with E-state index in [1.165, 1.54) is 0 Å². The van der Waals surface area contributed by atoms with Crippen molar-refractivity contribution in [2.45, 2.75) is 19.7 Å². The van der Waals surface area contributed by atoms with Gasteiger partial charge >= 0.3 is 0 Å². The van der Waals surface area contributed by atoms with E-state index >= 15 is 0 Å². The van der Waals surface area contributed by atoms with E-state index in [4.69, 9.17) is 30.5 Å². The summed E-state index contributed by atoms with van der Waals surface area (Å²) in [6.45, 7) is 2.15. The molecule has 0 spiro atoms. The second kappa shape index (κ2) is 10.4. The van der Waals surface area contributed by atoms with Crippen LogP contribution in [0.5, 0.6) is 23.0 Å². The van der Waals surface area contributed by atoms with Crippen molar-refractivity contribution in [3.63, 3.8) is 0 Å². The molecular weight excluding hydrogens is 425 g/mol. The van der Waals surface area contributed by atoms with E-state index < -0.39 is 0 Å². The molecule has 5 nitrogen and oxygen atoms in total. The van der Waals surface area contributed by atoms with Crippen LogP contribution in [0.1, 0.15) is 16.7 Å². The standard InChI is InChI=1S/C23H22ClNO4.ClH/c1-26-22-10-16(5-7-20(22)27-14-18-3-2-4-19(24)9-18)12-25-13-17-6-8-21-23(11-17)29-15-28-21;/h2-11,25H,12-15H2,1H3;1H/p-1. The number of fused-ring (bicyclic) bond motifs is 1. The Morgan fingerprint density at radius 2 is 1.63 bits per heavy atom. The van der Waals surface area contributed by atoms with Gasteiger partial charge in [-0.2, -0.15) is 0 Å². The van der Waals surface area contributed by atoms with Crippen LogP contribution in [0.15, 0.2) is 60.7 Å². The van der Waals surface area contributed by atoms with Gasteiger partial charge < -0.3 is 36.7 Å². The number of hydrogen-bond acceptors (Lipinski definition) is 5. The Kier molecular flexibility index (Phi) is 7.69. The molecule has 1 aliphatic rings. The van der Waals surface area contributed by atoms with Gasteiger partial charge in [-0.15, -0.1) is 0 Å². The molecule has 1 aliphatic heterocycles. The summed E-state index contributed by atoms with van der Waals surface area (Å²) in [6.07, 6.45) is 0. The molecule has 3 aromatic carbocycles. The smallest absolute Gasteiger partial charge is 0.231 e. The minimum absolute atomic E-state index is 0. The molecule has 0 atom stereocenters. The second-order valence-electron chi connectivity index (χ2n) is 6.69. The SMILES string of the molecule is COc1cc(CNCc2ccc3c(c2)OCO3)ccc1OCc1cccc(Cl)c1.[Cl-]. The molecule has 0 bridgehead atoms. The van der Waals surface area contributed by atoms with Crippen molar-refractivity contribution in [2.75, 3.05) is 13.9 Å². The van der Waals surface area contributed by atoms with Gasteiger partial charge in [-0.3, -0.25) is 0 Å². The average molecular weight is 447 g/mol. The molecule has 30 heavy (non-hydrogen) atoms. The first kappa shape index (κ1) is 22.1. The van der Waals surface area contributed by atoms with E-state index in [9.17, 15) is 0 Å². The van der Waals surface area contributed by atoms with Crippen molar-refractivity contribution in [3.8, 4) is 23.0 Å². The number of hydrogen-bond donors (Lipinski definition) is 1. The second-order valence-corrected chi connectivity index (χ2v) is 7.13. The molecule has 0 fully saturated rings. The zero-order chi connectivity index (χ0) is 20.1. The zero-order valence-corrected chi connectivity index (χ0v) is 18.0. The molecule has 0 radical (unpaired) electrons. The lowest BCUT2D eigenvalue weighted by Gasteiger charge is -2.13. The summed E-state index contributed by atoms with van der Waals surface area (Å²) < 4.78 is 22.2. The van der Waals surface area contributed by atoms with E-state index in [1.54, 1.807) is 7.11 Å². The molecule has 0 saturated carbocycles. The number of methoxy groups -OCH3 is 1. The maximum Gasteiger partial charge on any atom is 0.231 e. The van der Waals surface area contributed by atoms with E-state index in [1.807, 2.05) is 60.7 Å². The first-order valence-corrected chi connectivity index (χ1v) is 9.72. The molecule has 0 saturated heterocycles. The number of rotatable bonds is 8. The van der Waals surface area contributed by atoms with E-state index in [0.29, 0.717) is 29.7 Å². The Balaban J connectivity index is 0.00000256. The van der Waals surface area contributed by atoms with Gasteiger partial charge in [0.2, 0.25) is 6.79 Å². The van der Waals surface area contributed by atoms with E-state index in [2.05, 4.69) is 5.32 Å². The monoisotopic (exact) mass is 446 g/mol. The molecule has 158 valence electrons. The number of halogens is 2. The summed E-state index contributed by atoms with van der Waals surface area (Å²) in [5, 5.41) is 4.13. The van der Waals surface area contributed by atoms with Crippen LogP contribution in [-0.4, -0.2) is 13.9 Å². The van der Waals surface area contributed by atoms with Gasteiger partial charge in [0.05, 0.1) is 7.11 Å². The predicted molar refractivity (Wildman–Crippen MR) is 112 cm³/mol. The maximum absolute atomic E-state index is 6.03. The van der Waals surface area contributed by atoms with E-state index in [-0.39, 0.29) is 19.2 Å². The van der Waals surface area contributed by atoms with Crippen LogP contribution in [0.4, 0.5) is 0 Å². The zero-order valence-electron chi connectivity index (χ0n) is 16.5. The van der Waals surface area contributed by atoms with E-state index in [0.717, 1.165) is 34.7 Å². The van der Waals surface area contributed by atoms with Gasteiger partial charge in [-0.05, 0) is 53.1 Å². The first-order chi connectivity index (χ1) is 14.2. The van der Waals surface area contributed by atoms with Gasteiger partial charge in [-0.1, -0.05) is 35.9 Å². The highest BCUT2D eigenvalue weighted by Gasteiger charge is 2.13. The van der Waals surface area contributed by atoms with Crippen LogP contribution in [0.25, 0.3) is 0 Å². The highest BCUT2D eigenvalue weighted by molar-refractivity contribution is 6.30. The molecule has 7 heteroatoms. The fraction of sp³-hybridized carbons (Fsp3) is 0.217. The van der Waals surface area contributed by atoms with Gasteiger partial charge in [0, 0.05) is 18.1 Å². The Hall–Kier alpha value is -2.60. The lowest BCUT2D eigenvalue weighted by atomic mass is 10.1. The Labute approximate surface area is 187 Å². The van der Waals surface area contributed by atoms with Crippen molar-refractivity contribution in [1.29, 1.82) is 0 Å². The summed E-state index contributed by atoms with van der Waals surface area (Å²) >= 11 is 6.03. The number of ether oxygens (including phenoxy) is 4. The van der Waals surface area contributed by atoms with Gasteiger partial charge in [0.25, 0.3) is 0 Å². The maximum atomic E-state index is 6.03. The van der Waals surface area contributed by atoms with Crippen LogP contribution in [0.2, 0.25) is 5.02 Å². The van der Waals surface area contributed by atoms with Crippen molar-refractivity contribution in [1.82, 2.24) is 5.32 Å². The molecule has 0 amide bonds. The highest BCUT2D eigenvalue weighted by atomic mass is 35.5. The summed E-state index contributed by atoms with van der Waals surface area (Å²) in [4.78, 5) is 0. The lowest BCUT2D eigenvalue weighted by Crippen LogP contribution is -3.00. The summed E-state index contributed by atoms with van der Waals surface area (Å²) in [5.41, 5.74) is 3.26. The largest absolute Gasteiger partial charge is 1.00 e. The summed E-state index contributed by atoms with van der Waals surface area (Å²) in [7, 11) is 1.64. The van der Waals surface area contributed by atoms with Crippen molar-refractivity contribution < 1.29 is 31.4 Å². The normalized spacial score (nSPS) is 11.7. The third kappa shape index (κ3) is 5.51. The Bertz CT molecular complexity index is 997. The van der Waals surface area contributed by atoms with Crippen LogP contribution < -0.4 is 36.7 Å². The molecule has 4 rings (SSSR count). The topological polar surface area (TPSA) is 49.0 Å². The van der Waals surface area contributed by atoms with Crippen molar-refractivity contribution in [2.24, 2.45) is 0 Å². The van der Waals surface area contributed by atoms with Crippen LogP contribution >= 0.6 is 11.6 Å². The molecule has 3 aromatic rings. The van der Waals surface area contributed by atoms with Gasteiger partial charge in [0.1, 0.15) is 6.61 Å². The average Bonchev–Trinajstić information content (AvgIpc) is 3.20. The molecule has 1 N–H and O–H groups in total. The number of nitrogens with one attached hydrogen (secondary N) is 1. The molecular formula is C23H22Cl2NO4-. The van der Waals surface area contributed by atoms with Gasteiger partial charge in [0.15, 0.2) is 23.0 Å².